The largest absolute Gasteiger partial charge is 0.619 e. The van der Waals surface area contributed by atoms with Crippen LogP contribution in [0.5, 0.6) is 5.75 Å². The molecule has 0 bridgehead atoms. The molecule has 1 atom stereocenters. The Labute approximate surface area is 145 Å². The van der Waals surface area contributed by atoms with Crippen LogP contribution in [0.25, 0.3) is 0 Å². The Balaban J connectivity index is 1.86. The lowest BCUT2D eigenvalue weighted by Gasteiger charge is -2.25. The molecule has 0 spiro atoms. The van der Waals surface area contributed by atoms with E-state index < -0.39 is 0 Å². The number of hydrogen-bond acceptors (Lipinski definition) is 5. The van der Waals surface area contributed by atoms with Gasteiger partial charge in [0, 0.05) is 31.4 Å². The number of carbonyl (C=O) groups excluding carboxylic acids is 2. The van der Waals surface area contributed by atoms with Crippen molar-refractivity contribution in [2.75, 3.05) is 13.6 Å². The molecule has 25 heavy (non-hydrogen) atoms. The number of carbonyl (C=O) groups is 2. The van der Waals surface area contributed by atoms with Crippen molar-refractivity contribution in [3.05, 3.63) is 59.3 Å². The molecule has 0 radical (unpaired) electrons. The van der Waals surface area contributed by atoms with Gasteiger partial charge in [-0.2, -0.15) is 4.73 Å². The molecular weight excluding hydrogens is 324 g/mol. The maximum atomic E-state index is 12.3. The van der Waals surface area contributed by atoms with Gasteiger partial charge in [-0.25, -0.2) is 0 Å². The third-order valence-corrected chi connectivity index (χ3v) is 3.79. The van der Waals surface area contributed by atoms with Gasteiger partial charge in [0.05, 0.1) is 12.6 Å². The molecular formula is C17H20N4O4. The van der Waals surface area contributed by atoms with Crippen molar-refractivity contribution >= 4 is 11.8 Å². The van der Waals surface area contributed by atoms with Crippen molar-refractivity contribution in [3.63, 3.8) is 0 Å². The van der Waals surface area contributed by atoms with Crippen LogP contribution in [-0.4, -0.2) is 46.4 Å². The molecule has 0 saturated carbocycles. The van der Waals surface area contributed by atoms with E-state index in [-0.39, 0.29) is 42.1 Å². The molecule has 2 amide bonds. The molecule has 2 aromatic rings. The number of pyridine rings is 2. The smallest absolute Gasteiger partial charge is 0.257 e. The summed E-state index contributed by atoms with van der Waals surface area (Å²) >= 11 is 0. The molecule has 0 fully saturated rings. The number of hydrogen-bond donors (Lipinski definition) is 2. The highest BCUT2D eigenvalue weighted by Gasteiger charge is 2.18. The molecule has 0 saturated heterocycles. The Kier molecular flexibility index (Phi) is 5.89. The third kappa shape index (κ3) is 5.17. The average Bonchev–Trinajstić information content (AvgIpc) is 2.60. The van der Waals surface area contributed by atoms with Gasteiger partial charge in [0.25, 0.3) is 5.91 Å². The highest BCUT2D eigenvalue weighted by molar-refractivity contribution is 5.93. The number of nitrogens with zero attached hydrogens (tertiary/aromatic N) is 3. The predicted molar refractivity (Wildman–Crippen MR) is 89.6 cm³/mol. The quantitative estimate of drug-likeness (QED) is 0.576. The van der Waals surface area contributed by atoms with Crippen LogP contribution in [-0.2, 0) is 11.2 Å². The topological polar surface area (TPSA) is 109 Å². The van der Waals surface area contributed by atoms with Gasteiger partial charge in [0.15, 0.2) is 12.4 Å². The molecule has 2 N–H and O–H groups in total. The molecule has 8 nitrogen and oxygen atoms in total. The van der Waals surface area contributed by atoms with Crippen LogP contribution in [0.1, 0.15) is 23.0 Å². The predicted octanol–water partition coefficient (Wildman–Crippen LogP) is 0.240. The SMILES string of the molecule is C[C@@H](CNC(=O)c1ccc[n+]([O-])c1)N(C)C(=O)Cc1ccc(O)cn1. The minimum atomic E-state index is -0.377. The summed E-state index contributed by atoms with van der Waals surface area (Å²) < 4.78 is 0.554. The molecule has 0 aliphatic rings. The van der Waals surface area contributed by atoms with Gasteiger partial charge in [-0.05, 0) is 25.1 Å². The zero-order valence-corrected chi connectivity index (χ0v) is 14.0. The lowest BCUT2D eigenvalue weighted by Crippen LogP contribution is -2.44. The van der Waals surface area contributed by atoms with Crippen molar-refractivity contribution < 1.29 is 19.4 Å². The second-order valence-corrected chi connectivity index (χ2v) is 5.70. The van der Waals surface area contributed by atoms with E-state index in [2.05, 4.69) is 10.3 Å². The lowest BCUT2D eigenvalue weighted by atomic mass is 10.2. The summed E-state index contributed by atoms with van der Waals surface area (Å²) in [7, 11) is 1.65. The van der Waals surface area contributed by atoms with Gasteiger partial charge in [0.1, 0.15) is 11.3 Å². The second kappa shape index (κ2) is 8.09. The summed E-state index contributed by atoms with van der Waals surface area (Å²) in [6.45, 7) is 2.05. The van der Waals surface area contributed by atoms with E-state index in [4.69, 9.17) is 0 Å². The van der Waals surface area contributed by atoms with Crippen LogP contribution >= 0.6 is 0 Å². The Hall–Kier alpha value is -3.16. The third-order valence-electron chi connectivity index (χ3n) is 3.79. The Morgan fingerprint density at radius 1 is 1.40 bits per heavy atom. The monoisotopic (exact) mass is 344 g/mol. The fourth-order valence-electron chi connectivity index (χ4n) is 2.12. The highest BCUT2D eigenvalue weighted by atomic mass is 16.5. The summed E-state index contributed by atoms with van der Waals surface area (Å²) in [6, 6.07) is 5.85. The van der Waals surface area contributed by atoms with Crippen LogP contribution in [0.3, 0.4) is 0 Å². The minimum Gasteiger partial charge on any atom is -0.619 e. The van der Waals surface area contributed by atoms with Crippen molar-refractivity contribution in [1.82, 2.24) is 15.2 Å². The first kappa shape index (κ1) is 18.2. The van der Waals surface area contributed by atoms with E-state index in [1.165, 1.54) is 35.6 Å². The minimum absolute atomic E-state index is 0.0425. The number of aromatic nitrogens is 2. The second-order valence-electron chi connectivity index (χ2n) is 5.70. The summed E-state index contributed by atoms with van der Waals surface area (Å²) in [5.74, 6) is -0.490. The molecule has 2 heterocycles. The number of rotatable bonds is 6. The maximum absolute atomic E-state index is 12.3. The molecule has 0 unspecified atom stereocenters. The molecule has 8 heteroatoms. The first-order valence-corrected chi connectivity index (χ1v) is 7.73. The fraction of sp³-hybridized carbons (Fsp3) is 0.294. The summed E-state index contributed by atoms with van der Waals surface area (Å²) in [4.78, 5) is 29.8. The van der Waals surface area contributed by atoms with Gasteiger partial charge in [-0.15, -0.1) is 0 Å². The molecule has 0 aromatic carbocycles. The Morgan fingerprint density at radius 2 is 2.16 bits per heavy atom. The van der Waals surface area contributed by atoms with Crippen LogP contribution in [0.4, 0.5) is 0 Å². The van der Waals surface area contributed by atoms with E-state index in [1.807, 2.05) is 0 Å². The van der Waals surface area contributed by atoms with Gasteiger partial charge in [-0.3, -0.25) is 14.6 Å². The maximum Gasteiger partial charge on any atom is 0.257 e. The van der Waals surface area contributed by atoms with Crippen LogP contribution < -0.4 is 10.0 Å². The van der Waals surface area contributed by atoms with E-state index in [1.54, 1.807) is 26.1 Å². The number of aromatic hydroxyl groups is 1. The standard InChI is InChI=1S/C17H20N4O4/c1-12(9-19-17(24)13-4-3-7-21(25)11-13)20(2)16(23)8-14-5-6-15(22)10-18-14/h3-7,10-12,22H,8-9H2,1-2H3,(H,19,24)/t12-/m0/s1. The summed E-state index contributed by atoms with van der Waals surface area (Å²) in [5, 5.41) is 23.1. The van der Waals surface area contributed by atoms with Crippen molar-refractivity contribution in [2.45, 2.75) is 19.4 Å². The first-order valence-electron chi connectivity index (χ1n) is 7.73. The van der Waals surface area contributed by atoms with Crippen molar-refractivity contribution in [3.8, 4) is 5.75 Å². The molecule has 2 aromatic heterocycles. The number of amides is 2. The van der Waals surface area contributed by atoms with Gasteiger partial charge in [0.2, 0.25) is 5.91 Å². The first-order chi connectivity index (χ1) is 11.9. The van der Waals surface area contributed by atoms with Gasteiger partial charge >= 0.3 is 0 Å². The zero-order valence-electron chi connectivity index (χ0n) is 14.0. The molecule has 132 valence electrons. The van der Waals surface area contributed by atoms with Crippen LogP contribution in [0.15, 0.2) is 42.9 Å². The van der Waals surface area contributed by atoms with E-state index in [9.17, 15) is 19.9 Å². The summed E-state index contributed by atoms with van der Waals surface area (Å²) in [6.07, 6.45) is 3.87. The molecule has 0 aliphatic carbocycles. The number of nitrogens with one attached hydrogen (secondary N) is 1. The molecule has 2 rings (SSSR count). The average molecular weight is 344 g/mol. The lowest BCUT2D eigenvalue weighted by molar-refractivity contribution is -0.605. The van der Waals surface area contributed by atoms with Crippen LogP contribution in [0.2, 0.25) is 0 Å². The van der Waals surface area contributed by atoms with E-state index in [0.29, 0.717) is 10.4 Å². The Bertz CT molecular complexity index is 749. The van der Waals surface area contributed by atoms with Crippen molar-refractivity contribution in [2.24, 2.45) is 0 Å². The fourth-order valence-corrected chi connectivity index (χ4v) is 2.12. The van der Waals surface area contributed by atoms with Gasteiger partial charge in [-0.1, -0.05) is 0 Å². The highest BCUT2D eigenvalue weighted by Crippen LogP contribution is 2.08. The summed E-state index contributed by atoms with van der Waals surface area (Å²) in [5.41, 5.74) is 0.808. The van der Waals surface area contributed by atoms with E-state index in [0.717, 1.165) is 0 Å². The van der Waals surface area contributed by atoms with Crippen LogP contribution in [0, 0.1) is 5.21 Å². The Morgan fingerprint density at radius 3 is 2.80 bits per heavy atom. The number of likely N-dealkylation sites (N-methyl/N-ethyl adjacent to an activating group) is 1. The zero-order chi connectivity index (χ0) is 18.4. The van der Waals surface area contributed by atoms with E-state index >= 15 is 0 Å². The molecule has 0 aliphatic heterocycles. The van der Waals surface area contributed by atoms with Crippen molar-refractivity contribution in [1.29, 1.82) is 0 Å². The normalized spacial score (nSPS) is 11.6. The van der Waals surface area contributed by atoms with Gasteiger partial charge < -0.3 is 20.5 Å².